The van der Waals surface area contributed by atoms with E-state index >= 15 is 0 Å². The molecule has 4 aliphatic rings. The van der Waals surface area contributed by atoms with Gasteiger partial charge in [0.2, 0.25) is 0 Å². The van der Waals surface area contributed by atoms with Crippen molar-refractivity contribution in [1.29, 1.82) is 0 Å². The van der Waals surface area contributed by atoms with E-state index in [1.807, 2.05) is 39.0 Å². The number of hydrogen-bond donors (Lipinski definition) is 3. The van der Waals surface area contributed by atoms with E-state index in [4.69, 9.17) is 23.7 Å². The molecule has 3 N–H and O–H groups in total. The zero-order valence-corrected chi connectivity index (χ0v) is 28.1. The molecule has 262 valence electrons. The number of carbonyl (C=O) groups is 4. The maximum absolute atomic E-state index is 13.6. The van der Waals surface area contributed by atoms with E-state index in [9.17, 15) is 24.3 Å². The van der Waals surface area contributed by atoms with Gasteiger partial charge in [-0.05, 0) is 49.6 Å². The predicted octanol–water partition coefficient (Wildman–Crippen LogP) is 2.66. The van der Waals surface area contributed by atoms with Crippen LogP contribution in [0.3, 0.4) is 0 Å². The first-order chi connectivity index (χ1) is 23.5. The van der Waals surface area contributed by atoms with Crippen molar-refractivity contribution in [2.45, 2.75) is 82.9 Å². The number of carbonyl (C=O) groups excluding carboxylic acids is 4. The van der Waals surface area contributed by atoms with Crippen LogP contribution in [0.25, 0.3) is 0 Å². The van der Waals surface area contributed by atoms with Crippen LogP contribution in [0.5, 0.6) is 0 Å². The molecule has 13 nitrogen and oxygen atoms in total. The van der Waals surface area contributed by atoms with Gasteiger partial charge in [-0.25, -0.2) is 14.4 Å². The second-order valence-electron chi connectivity index (χ2n) is 13.5. The molecule has 2 aromatic heterocycles. The minimum atomic E-state index is -1.12. The van der Waals surface area contributed by atoms with Crippen LogP contribution in [-0.4, -0.2) is 88.2 Å². The molecule has 1 amide bonds. The number of hydrogen-bond acceptors (Lipinski definition) is 11. The molecule has 0 aromatic carbocycles. The molecule has 2 aliphatic heterocycles. The summed E-state index contributed by atoms with van der Waals surface area (Å²) in [4.78, 5) is 58.9. The van der Waals surface area contributed by atoms with Gasteiger partial charge in [-0.3, -0.25) is 9.78 Å². The number of aliphatic hydroxyl groups excluding tert-OH is 1. The predicted molar refractivity (Wildman–Crippen MR) is 172 cm³/mol. The number of nitrogens with one attached hydrogen (secondary N) is 2. The molecule has 12 atom stereocenters. The molecular formula is C36H43N3O10. The average Bonchev–Trinajstić information content (AvgIpc) is 3.70. The number of cyclic esters (lactones) is 1. The fourth-order valence-corrected chi connectivity index (χ4v) is 8.18. The molecule has 1 saturated heterocycles. The monoisotopic (exact) mass is 677 g/mol. The molecule has 1 saturated carbocycles. The quantitative estimate of drug-likeness (QED) is 0.170. The van der Waals surface area contributed by atoms with Gasteiger partial charge in [0.1, 0.15) is 35.7 Å². The van der Waals surface area contributed by atoms with Crippen LogP contribution in [0, 0.1) is 29.6 Å². The highest BCUT2D eigenvalue weighted by molar-refractivity contribution is 6.32. The molecule has 2 fully saturated rings. The van der Waals surface area contributed by atoms with Crippen molar-refractivity contribution in [1.82, 2.24) is 15.3 Å². The molecule has 6 rings (SSSR count). The Balaban J connectivity index is 1.27. The van der Waals surface area contributed by atoms with Gasteiger partial charge in [0.25, 0.3) is 0 Å². The zero-order valence-electron chi connectivity index (χ0n) is 28.1. The number of esters is 3. The lowest BCUT2D eigenvalue weighted by Crippen LogP contribution is -2.57. The Morgan fingerprint density at radius 1 is 1.20 bits per heavy atom. The Morgan fingerprint density at radius 3 is 2.69 bits per heavy atom. The van der Waals surface area contributed by atoms with Gasteiger partial charge in [0.05, 0.1) is 6.10 Å². The summed E-state index contributed by atoms with van der Waals surface area (Å²) in [5.41, 5.74) is 0.733. The number of methoxy groups -OCH3 is 1. The van der Waals surface area contributed by atoms with E-state index in [1.165, 1.54) is 7.11 Å². The lowest BCUT2D eigenvalue weighted by Gasteiger charge is -2.48. The number of amides is 1. The van der Waals surface area contributed by atoms with Crippen molar-refractivity contribution >= 4 is 23.8 Å². The molecule has 4 bridgehead atoms. The van der Waals surface area contributed by atoms with Crippen LogP contribution < -0.4 is 5.32 Å². The standard InChI is InChI=1S/C36H43N3O10/c1-18-14-19(2)36-23(10-11-24-27(36)28(40)20(3)30(31(24)49-36)48-33(42)25-9-7-13-38-25)15-26(45-5)34(43)47-29(18)21(4)46-35(44)32(41)39-17-22-8-6-12-37-16-22/h6-14,16,18,20-21,23-24,26-31,38,40H,15,17H2,1-5H3,(H,39,41)/b19-14+/t18-,20-,21-,23-,24?,26+,27?,28-,29+,30-,31-,36+/m1/s1. The first-order valence-electron chi connectivity index (χ1n) is 16.6. The first-order valence-corrected chi connectivity index (χ1v) is 16.6. The molecule has 2 aliphatic carbocycles. The fraction of sp³-hybridized carbons (Fsp3) is 0.528. The highest BCUT2D eigenvalue weighted by Crippen LogP contribution is 2.61. The SMILES string of the molecule is CO[C@H]1C[C@H]2C=CC3C4[C@H](O)[C@@H](C)[C@@H](OC(=O)c5ccc[nH]5)[C@@H]3O[C@]42/C(C)=C/[C@@H](C)[C@@H]([C@@H](C)OC(=O)C(=O)NCc2cccnc2)OC1=O. The van der Waals surface area contributed by atoms with Crippen LogP contribution >= 0.6 is 0 Å². The number of rotatable bonds is 7. The van der Waals surface area contributed by atoms with Crippen molar-refractivity contribution in [3.8, 4) is 0 Å². The van der Waals surface area contributed by atoms with E-state index in [0.29, 0.717) is 11.3 Å². The largest absolute Gasteiger partial charge is 0.456 e. The van der Waals surface area contributed by atoms with E-state index < -0.39 is 89.7 Å². The van der Waals surface area contributed by atoms with Gasteiger partial charge in [-0.2, -0.15) is 0 Å². The van der Waals surface area contributed by atoms with Gasteiger partial charge in [-0.1, -0.05) is 38.1 Å². The van der Waals surface area contributed by atoms with E-state index in [-0.39, 0.29) is 18.9 Å². The number of ether oxygens (including phenoxy) is 5. The topological polar surface area (TPSA) is 175 Å². The normalized spacial score (nSPS) is 36.7. The second kappa shape index (κ2) is 13.9. The van der Waals surface area contributed by atoms with Gasteiger partial charge >= 0.3 is 23.8 Å². The third-order valence-corrected chi connectivity index (χ3v) is 10.6. The maximum atomic E-state index is 13.6. The Morgan fingerprint density at radius 2 is 2.00 bits per heavy atom. The number of aliphatic hydroxyl groups is 1. The van der Waals surface area contributed by atoms with Crippen LogP contribution in [0.1, 0.15) is 50.2 Å². The van der Waals surface area contributed by atoms with Crippen LogP contribution in [0.2, 0.25) is 0 Å². The highest BCUT2D eigenvalue weighted by atomic mass is 16.6. The van der Waals surface area contributed by atoms with Crippen LogP contribution in [0.15, 0.2) is 66.7 Å². The summed E-state index contributed by atoms with van der Waals surface area (Å²) in [6.07, 6.45) is 5.67. The lowest BCUT2D eigenvalue weighted by atomic mass is 9.57. The summed E-state index contributed by atoms with van der Waals surface area (Å²) >= 11 is 0. The van der Waals surface area contributed by atoms with Crippen LogP contribution in [0.4, 0.5) is 0 Å². The van der Waals surface area contributed by atoms with Crippen LogP contribution in [-0.2, 0) is 44.6 Å². The average molecular weight is 678 g/mol. The zero-order chi connectivity index (χ0) is 35.0. The van der Waals surface area contributed by atoms with E-state index in [2.05, 4.69) is 15.3 Å². The Kier molecular flexibility index (Phi) is 9.79. The number of H-pyrrole nitrogens is 1. The minimum absolute atomic E-state index is 0.0831. The summed E-state index contributed by atoms with van der Waals surface area (Å²) in [5, 5.41) is 14.4. The van der Waals surface area contributed by atoms with Crippen molar-refractivity contribution in [2.24, 2.45) is 29.6 Å². The summed E-state index contributed by atoms with van der Waals surface area (Å²) in [6.45, 7) is 7.24. The minimum Gasteiger partial charge on any atom is -0.456 e. The lowest BCUT2D eigenvalue weighted by molar-refractivity contribution is -0.180. The van der Waals surface area contributed by atoms with Crippen molar-refractivity contribution in [2.75, 3.05) is 7.11 Å². The Bertz CT molecular complexity index is 1610. The molecule has 1 spiro atoms. The number of aromatic amines is 1. The molecule has 0 radical (unpaired) electrons. The molecule has 2 aromatic rings. The molecule has 4 heterocycles. The van der Waals surface area contributed by atoms with Gasteiger partial charge in [0, 0.05) is 61.8 Å². The smallest absolute Gasteiger partial charge is 0.397 e. The summed E-state index contributed by atoms with van der Waals surface area (Å²) in [7, 11) is 1.41. The fourth-order valence-electron chi connectivity index (χ4n) is 8.18. The Hall–Kier alpha value is -4.33. The summed E-state index contributed by atoms with van der Waals surface area (Å²) in [6, 6.07) is 6.81. The van der Waals surface area contributed by atoms with Crippen molar-refractivity contribution < 1.29 is 48.0 Å². The Labute approximate surface area is 284 Å². The third kappa shape index (κ3) is 6.30. The summed E-state index contributed by atoms with van der Waals surface area (Å²) in [5.74, 6) is -5.30. The van der Waals surface area contributed by atoms with E-state index in [1.54, 1.807) is 49.8 Å². The summed E-state index contributed by atoms with van der Waals surface area (Å²) < 4.78 is 30.2. The number of nitrogens with zero attached hydrogens (tertiary/aromatic N) is 1. The molecule has 2 unspecified atom stereocenters. The van der Waals surface area contributed by atoms with Crippen molar-refractivity contribution in [3.63, 3.8) is 0 Å². The molecular weight excluding hydrogens is 634 g/mol. The number of pyridine rings is 1. The maximum Gasteiger partial charge on any atom is 0.397 e. The van der Waals surface area contributed by atoms with Crippen molar-refractivity contribution in [3.05, 3.63) is 77.9 Å². The van der Waals surface area contributed by atoms with Gasteiger partial charge < -0.3 is 39.1 Å². The molecule has 13 heteroatoms. The second-order valence-corrected chi connectivity index (χ2v) is 13.5. The van der Waals surface area contributed by atoms with Gasteiger partial charge in [-0.15, -0.1) is 0 Å². The third-order valence-electron chi connectivity index (χ3n) is 10.6. The molecule has 49 heavy (non-hydrogen) atoms. The van der Waals surface area contributed by atoms with E-state index in [0.717, 1.165) is 5.57 Å². The highest BCUT2D eigenvalue weighted by Gasteiger charge is 2.69. The number of aromatic nitrogens is 2. The first kappa shape index (κ1) is 34.5. The van der Waals surface area contributed by atoms with Gasteiger partial charge in [0.15, 0.2) is 6.10 Å².